The van der Waals surface area contributed by atoms with E-state index in [0.29, 0.717) is 24.8 Å². The molecule has 0 aliphatic carbocycles. The summed E-state index contributed by atoms with van der Waals surface area (Å²) in [6.45, 7) is 2.62. The van der Waals surface area contributed by atoms with Crippen molar-refractivity contribution in [1.29, 1.82) is 0 Å². The lowest BCUT2D eigenvalue weighted by molar-refractivity contribution is -0.140. The summed E-state index contributed by atoms with van der Waals surface area (Å²) in [4.78, 5) is 40.0. The summed E-state index contributed by atoms with van der Waals surface area (Å²) in [6, 6.07) is 10.4. The molecule has 2 bridgehead atoms. The molecule has 3 atom stereocenters. The van der Waals surface area contributed by atoms with Crippen molar-refractivity contribution >= 4 is 17.3 Å². The van der Waals surface area contributed by atoms with Crippen LogP contribution in [-0.4, -0.2) is 40.7 Å². The van der Waals surface area contributed by atoms with Crippen molar-refractivity contribution in [3.05, 3.63) is 84.4 Å². The fraction of sp³-hybridized carbons (Fsp3) is 0.400. The number of methoxy groups -OCH3 is 1. The Kier molecular flexibility index (Phi) is 6.14. The van der Waals surface area contributed by atoms with Crippen molar-refractivity contribution in [2.45, 2.75) is 37.8 Å². The molecule has 34 heavy (non-hydrogen) atoms. The van der Waals surface area contributed by atoms with Gasteiger partial charge in [0.25, 0.3) is 5.56 Å². The molecule has 0 saturated carbocycles. The maximum atomic E-state index is 12.6. The topological polar surface area (TPSA) is 102 Å². The molecule has 8 nitrogen and oxygen atoms in total. The van der Waals surface area contributed by atoms with Crippen LogP contribution in [0.4, 0.5) is 0 Å². The van der Waals surface area contributed by atoms with E-state index >= 15 is 0 Å². The van der Waals surface area contributed by atoms with E-state index in [1.807, 2.05) is 34.2 Å². The Morgan fingerprint density at radius 2 is 2.09 bits per heavy atom. The molecule has 5 rings (SSSR count). The van der Waals surface area contributed by atoms with Gasteiger partial charge in [-0.25, -0.2) is 0 Å². The van der Waals surface area contributed by atoms with Crippen LogP contribution in [0.2, 0.25) is 0 Å². The Morgan fingerprint density at radius 1 is 1.24 bits per heavy atom. The van der Waals surface area contributed by atoms with Gasteiger partial charge in [0.15, 0.2) is 5.76 Å². The Morgan fingerprint density at radius 3 is 2.85 bits per heavy atom. The van der Waals surface area contributed by atoms with Crippen LogP contribution < -0.4 is 11.0 Å². The number of hydrogen-bond acceptors (Lipinski definition) is 8. The van der Waals surface area contributed by atoms with Crippen LogP contribution in [0, 0.1) is 5.92 Å². The molecule has 2 aliphatic rings. The number of rotatable bonds is 6. The minimum atomic E-state index is -0.611. The molecule has 9 heteroatoms. The predicted octanol–water partition coefficient (Wildman–Crippen LogP) is 2.88. The number of piperidine rings is 1. The second-order valence-corrected chi connectivity index (χ2v) is 10.0. The zero-order valence-electron chi connectivity index (χ0n) is 18.8. The first kappa shape index (κ1) is 22.6. The Bertz CT molecular complexity index is 1310. The lowest BCUT2D eigenvalue weighted by Gasteiger charge is -2.42. The quantitative estimate of drug-likeness (QED) is 0.539. The first-order chi connectivity index (χ1) is 16.4. The van der Waals surface area contributed by atoms with Crippen molar-refractivity contribution in [2.75, 3.05) is 20.2 Å². The number of hydrogen-bond donors (Lipinski definition) is 1. The van der Waals surface area contributed by atoms with Crippen LogP contribution in [0.15, 0.2) is 55.8 Å². The SMILES string of the molecule is COC(=O)CC(c1cccs1)c1oc(CN2C[C@H]3C[C@@H](C2)c2cccc(=O)n2C3)cc(=O)c1O. The van der Waals surface area contributed by atoms with Gasteiger partial charge in [-0.3, -0.25) is 19.3 Å². The zero-order valence-corrected chi connectivity index (χ0v) is 19.6. The number of carbonyl (C=O) groups is 1. The number of carbonyl (C=O) groups excluding carboxylic acids is 1. The maximum Gasteiger partial charge on any atom is 0.306 e. The summed E-state index contributed by atoms with van der Waals surface area (Å²) >= 11 is 1.42. The van der Waals surface area contributed by atoms with Crippen LogP contribution in [0.3, 0.4) is 0 Å². The number of pyridine rings is 1. The number of esters is 1. The summed E-state index contributed by atoms with van der Waals surface area (Å²) < 4.78 is 12.8. The Hall–Kier alpha value is -3.17. The molecule has 1 fully saturated rings. The highest BCUT2D eigenvalue weighted by molar-refractivity contribution is 7.10. The average Bonchev–Trinajstić information content (AvgIpc) is 3.35. The highest BCUT2D eigenvalue weighted by atomic mass is 32.1. The minimum Gasteiger partial charge on any atom is -0.502 e. The Labute approximate surface area is 200 Å². The van der Waals surface area contributed by atoms with Gasteiger partial charge >= 0.3 is 5.97 Å². The van der Waals surface area contributed by atoms with Gasteiger partial charge in [0, 0.05) is 48.3 Å². The van der Waals surface area contributed by atoms with Crippen molar-refractivity contribution in [3.8, 4) is 5.75 Å². The second-order valence-electron chi connectivity index (χ2n) is 9.03. The highest BCUT2D eigenvalue weighted by Gasteiger charge is 2.35. The molecule has 3 aromatic rings. The van der Waals surface area contributed by atoms with Gasteiger partial charge in [0.05, 0.1) is 26.0 Å². The van der Waals surface area contributed by atoms with Gasteiger partial charge in [0.1, 0.15) is 5.76 Å². The van der Waals surface area contributed by atoms with E-state index in [0.717, 1.165) is 30.1 Å². The van der Waals surface area contributed by atoms with Crippen molar-refractivity contribution < 1.29 is 19.1 Å². The molecule has 0 spiro atoms. The van der Waals surface area contributed by atoms with Gasteiger partial charge in [-0.05, 0) is 29.9 Å². The third-order valence-electron chi connectivity index (χ3n) is 6.74. The first-order valence-electron chi connectivity index (χ1n) is 11.3. The van der Waals surface area contributed by atoms with Crippen molar-refractivity contribution in [1.82, 2.24) is 9.47 Å². The van der Waals surface area contributed by atoms with Gasteiger partial charge in [-0.2, -0.15) is 0 Å². The van der Waals surface area contributed by atoms with E-state index in [-0.39, 0.29) is 23.7 Å². The lowest BCUT2D eigenvalue weighted by atomic mass is 9.83. The van der Waals surface area contributed by atoms with Gasteiger partial charge in [0.2, 0.25) is 11.2 Å². The molecule has 5 heterocycles. The minimum absolute atomic E-state index is 0.0417. The van der Waals surface area contributed by atoms with Crippen LogP contribution in [-0.2, 0) is 22.6 Å². The van der Waals surface area contributed by atoms with E-state index in [1.54, 1.807) is 6.07 Å². The summed E-state index contributed by atoms with van der Waals surface area (Å²) in [5, 5.41) is 12.4. The average molecular weight is 483 g/mol. The van der Waals surface area contributed by atoms with E-state index in [2.05, 4.69) is 4.90 Å². The highest BCUT2D eigenvalue weighted by Crippen LogP contribution is 2.37. The number of thiophene rings is 1. The molecule has 0 aromatic carbocycles. The van der Waals surface area contributed by atoms with Crippen LogP contribution in [0.1, 0.15) is 46.8 Å². The third-order valence-corrected chi connectivity index (χ3v) is 7.72. The number of aromatic nitrogens is 1. The summed E-state index contributed by atoms with van der Waals surface area (Å²) in [7, 11) is 1.31. The van der Waals surface area contributed by atoms with Crippen LogP contribution >= 0.6 is 11.3 Å². The standard InChI is InChI=1S/C25H26N2O6S/c1-32-23(30)10-18(21-5-3-7-34-21)25-24(31)20(28)9-17(33-25)14-26-11-15-8-16(13-26)19-4-2-6-22(29)27(19)12-15/h2-7,9,15-16,18,31H,8,10-14H2,1H3/t15-,16+,18?/m1/s1. The normalized spacial score (nSPS) is 20.5. The molecule has 1 N–H and O–H groups in total. The molecule has 0 amide bonds. The molecule has 1 unspecified atom stereocenters. The molecule has 1 saturated heterocycles. The summed E-state index contributed by atoms with van der Waals surface area (Å²) in [6.07, 6.45) is 0.987. The largest absolute Gasteiger partial charge is 0.502 e. The number of aromatic hydroxyl groups is 1. The maximum absolute atomic E-state index is 12.6. The van der Waals surface area contributed by atoms with Crippen LogP contribution in [0.25, 0.3) is 0 Å². The number of ether oxygens (including phenoxy) is 1. The van der Waals surface area contributed by atoms with E-state index < -0.39 is 23.1 Å². The smallest absolute Gasteiger partial charge is 0.306 e. The van der Waals surface area contributed by atoms with Crippen molar-refractivity contribution in [2.24, 2.45) is 5.92 Å². The third kappa shape index (κ3) is 4.33. The summed E-state index contributed by atoms with van der Waals surface area (Å²) in [5.41, 5.74) is 0.564. The second kappa shape index (κ2) is 9.23. The molecular weight excluding hydrogens is 456 g/mol. The molecule has 2 aliphatic heterocycles. The van der Waals surface area contributed by atoms with E-state index in [1.165, 1.54) is 24.5 Å². The van der Waals surface area contributed by atoms with E-state index in [4.69, 9.17) is 9.15 Å². The van der Waals surface area contributed by atoms with Gasteiger partial charge in [-0.1, -0.05) is 12.1 Å². The van der Waals surface area contributed by atoms with Crippen LogP contribution in [0.5, 0.6) is 5.75 Å². The van der Waals surface area contributed by atoms with Gasteiger partial charge in [-0.15, -0.1) is 11.3 Å². The molecule has 0 radical (unpaired) electrons. The fourth-order valence-corrected chi connectivity index (χ4v) is 6.10. The lowest BCUT2D eigenvalue weighted by Crippen LogP contribution is -2.46. The molecular formula is C25H26N2O6S. The fourth-order valence-electron chi connectivity index (χ4n) is 5.28. The zero-order chi connectivity index (χ0) is 23.8. The van der Waals surface area contributed by atoms with E-state index in [9.17, 15) is 19.5 Å². The Balaban J connectivity index is 1.43. The summed E-state index contributed by atoms with van der Waals surface area (Å²) in [5.74, 6) is -0.437. The van der Waals surface area contributed by atoms with Gasteiger partial charge < -0.3 is 18.8 Å². The predicted molar refractivity (Wildman–Crippen MR) is 126 cm³/mol. The molecule has 178 valence electrons. The first-order valence-corrected chi connectivity index (χ1v) is 12.2. The van der Waals surface area contributed by atoms with Crippen molar-refractivity contribution in [3.63, 3.8) is 0 Å². The number of nitrogens with zero attached hydrogens (tertiary/aromatic N) is 2. The number of likely N-dealkylation sites (tertiary alicyclic amines) is 1. The number of fused-ring (bicyclic) bond motifs is 4. The molecule has 3 aromatic heterocycles. The monoisotopic (exact) mass is 482 g/mol.